The van der Waals surface area contributed by atoms with E-state index in [2.05, 4.69) is 12.2 Å². The first kappa shape index (κ1) is 16.6. The number of aryl methyl sites for hydroxylation is 1. The Morgan fingerprint density at radius 3 is 2.63 bits per heavy atom. The molecule has 0 fully saturated rings. The van der Waals surface area contributed by atoms with Crippen molar-refractivity contribution in [3.8, 4) is 0 Å². The summed E-state index contributed by atoms with van der Waals surface area (Å²) in [4.78, 5) is 2.40. The molecule has 110 valence electrons. The van der Waals surface area contributed by atoms with Gasteiger partial charge < -0.3 is 5.32 Å². The second-order valence-electron chi connectivity index (χ2n) is 4.59. The van der Waals surface area contributed by atoms with E-state index in [1.807, 2.05) is 13.8 Å². The zero-order valence-electron chi connectivity index (χ0n) is 12.2. The summed E-state index contributed by atoms with van der Waals surface area (Å²) in [5.41, 5.74) is 0. The maximum absolute atomic E-state index is 12.5. The van der Waals surface area contributed by atoms with Gasteiger partial charge in [0.25, 0.3) is 0 Å². The van der Waals surface area contributed by atoms with Crippen LogP contribution in [0.1, 0.15) is 36.4 Å². The minimum atomic E-state index is -3.33. The van der Waals surface area contributed by atoms with E-state index < -0.39 is 10.0 Å². The number of unbranched alkanes of at least 4 members (excludes halogenated alkanes) is 1. The molecule has 6 heteroatoms. The molecule has 0 bridgehead atoms. The maximum atomic E-state index is 12.5. The van der Waals surface area contributed by atoms with Gasteiger partial charge in [-0.3, -0.25) is 0 Å². The van der Waals surface area contributed by atoms with E-state index in [1.165, 1.54) is 4.31 Å². The van der Waals surface area contributed by atoms with Crippen molar-refractivity contribution in [2.75, 3.05) is 20.1 Å². The Balaban J connectivity index is 2.91. The van der Waals surface area contributed by atoms with E-state index in [0.29, 0.717) is 11.4 Å². The van der Waals surface area contributed by atoms with Crippen molar-refractivity contribution < 1.29 is 8.42 Å². The van der Waals surface area contributed by atoms with Crippen LogP contribution in [0.2, 0.25) is 0 Å². The van der Waals surface area contributed by atoms with Crippen LogP contribution in [-0.4, -0.2) is 32.9 Å². The van der Waals surface area contributed by atoms with Crippen molar-refractivity contribution in [2.24, 2.45) is 0 Å². The van der Waals surface area contributed by atoms with Gasteiger partial charge in [-0.1, -0.05) is 20.3 Å². The lowest BCUT2D eigenvalue weighted by atomic mass is 10.3. The van der Waals surface area contributed by atoms with Crippen LogP contribution in [0.5, 0.6) is 0 Å². The summed E-state index contributed by atoms with van der Waals surface area (Å²) in [7, 11) is -1.67. The SMILES string of the molecule is CCCCN(C)S(=O)(=O)c1cc(CNCC)sc1C. The Bertz CT molecular complexity index is 495. The maximum Gasteiger partial charge on any atom is 0.243 e. The minimum absolute atomic E-state index is 0.462. The number of thiophene rings is 1. The lowest BCUT2D eigenvalue weighted by Crippen LogP contribution is -2.28. The summed E-state index contributed by atoms with van der Waals surface area (Å²) >= 11 is 1.55. The van der Waals surface area contributed by atoms with Crippen LogP contribution in [0.15, 0.2) is 11.0 Å². The third-order valence-corrected chi connectivity index (χ3v) is 6.15. The van der Waals surface area contributed by atoms with Crippen molar-refractivity contribution in [1.82, 2.24) is 9.62 Å². The molecule has 1 rings (SSSR count). The molecule has 0 aliphatic carbocycles. The van der Waals surface area contributed by atoms with Gasteiger partial charge in [0.2, 0.25) is 10.0 Å². The van der Waals surface area contributed by atoms with E-state index in [4.69, 9.17) is 0 Å². The Hall–Kier alpha value is -0.430. The molecule has 0 saturated carbocycles. The highest BCUT2D eigenvalue weighted by Crippen LogP contribution is 2.27. The van der Waals surface area contributed by atoms with Crippen molar-refractivity contribution in [3.63, 3.8) is 0 Å². The van der Waals surface area contributed by atoms with Gasteiger partial charge in [-0.05, 0) is 26.0 Å². The van der Waals surface area contributed by atoms with E-state index in [-0.39, 0.29) is 0 Å². The highest BCUT2D eigenvalue weighted by atomic mass is 32.2. The smallest absolute Gasteiger partial charge is 0.243 e. The summed E-state index contributed by atoms with van der Waals surface area (Å²) in [6.07, 6.45) is 1.89. The fraction of sp³-hybridized carbons (Fsp3) is 0.692. The summed E-state index contributed by atoms with van der Waals surface area (Å²) in [6, 6.07) is 1.81. The average Bonchev–Trinajstić information content (AvgIpc) is 2.75. The molecule has 0 unspecified atom stereocenters. The Morgan fingerprint density at radius 2 is 2.05 bits per heavy atom. The minimum Gasteiger partial charge on any atom is -0.312 e. The van der Waals surface area contributed by atoms with Gasteiger partial charge in [0.05, 0.1) is 4.90 Å². The molecule has 4 nitrogen and oxygen atoms in total. The highest BCUT2D eigenvalue weighted by Gasteiger charge is 2.24. The quantitative estimate of drug-likeness (QED) is 0.803. The Morgan fingerprint density at radius 1 is 1.37 bits per heavy atom. The fourth-order valence-corrected chi connectivity index (χ4v) is 4.56. The Kier molecular flexibility index (Phi) is 6.46. The molecule has 0 amide bonds. The molecule has 0 spiro atoms. The molecule has 0 aliphatic heterocycles. The zero-order valence-corrected chi connectivity index (χ0v) is 13.8. The molecule has 0 radical (unpaired) electrons. The van der Waals surface area contributed by atoms with Gasteiger partial charge in [0, 0.05) is 29.9 Å². The predicted octanol–water partition coefficient (Wildman–Crippen LogP) is 2.59. The summed E-state index contributed by atoms with van der Waals surface area (Å²) in [5, 5.41) is 3.22. The van der Waals surface area contributed by atoms with E-state index in [9.17, 15) is 8.42 Å². The molecular formula is C13H24N2O2S2. The standard InChI is InChI=1S/C13H24N2O2S2/c1-5-7-8-15(4)19(16,17)13-9-12(10-14-6-2)18-11(13)3/h9,14H,5-8,10H2,1-4H3. The van der Waals surface area contributed by atoms with Gasteiger partial charge in [0.1, 0.15) is 0 Å². The lowest BCUT2D eigenvalue weighted by molar-refractivity contribution is 0.459. The van der Waals surface area contributed by atoms with Crippen LogP contribution in [0, 0.1) is 6.92 Å². The van der Waals surface area contributed by atoms with Crippen LogP contribution in [0.25, 0.3) is 0 Å². The first-order valence-corrected chi connectivity index (χ1v) is 8.95. The van der Waals surface area contributed by atoms with Crippen molar-refractivity contribution in [3.05, 3.63) is 15.8 Å². The number of sulfonamides is 1. The van der Waals surface area contributed by atoms with Crippen molar-refractivity contribution in [2.45, 2.75) is 45.1 Å². The molecular weight excluding hydrogens is 280 g/mol. The average molecular weight is 304 g/mol. The molecule has 19 heavy (non-hydrogen) atoms. The molecule has 0 aliphatic rings. The largest absolute Gasteiger partial charge is 0.312 e. The van der Waals surface area contributed by atoms with E-state index in [1.54, 1.807) is 24.5 Å². The first-order valence-electron chi connectivity index (χ1n) is 6.69. The van der Waals surface area contributed by atoms with E-state index in [0.717, 1.165) is 35.7 Å². The summed E-state index contributed by atoms with van der Waals surface area (Å²) in [5.74, 6) is 0. The van der Waals surface area contributed by atoms with Crippen LogP contribution in [0.3, 0.4) is 0 Å². The third kappa shape index (κ3) is 4.27. The van der Waals surface area contributed by atoms with Crippen LogP contribution >= 0.6 is 11.3 Å². The molecule has 1 heterocycles. The van der Waals surface area contributed by atoms with Crippen LogP contribution in [0.4, 0.5) is 0 Å². The highest BCUT2D eigenvalue weighted by molar-refractivity contribution is 7.89. The Labute approximate surface area is 120 Å². The fourth-order valence-electron chi connectivity index (χ4n) is 1.78. The molecule has 1 N–H and O–H groups in total. The number of rotatable bonds is 8. The van der Waals surface area contributed by atoms with Crippen molar-refractivity contribution in [1.29, 1.82) is 0 Å². The van der Waals surface area contributed by atoms with Gasteiger partial charge in [0.15, 0.2) is 0 Å². The molecule has 0 atom stereocenters. The first-order chi connectivity index (χ1) is 8.93. The van der Waals surface area contributed by atoms with Gasteiger partial charge in [-0.15, -0.1) is 11.3 Å². The zero-order chi connectivity index (χ0) is 14.5. The summed E-state index contributed by atoms with van der Waals surface area (Å²) in [6.45, 7) is 8.17. The summed E-state index contributed by atoms with van der Waals surface area (Å²) < 4.78 is 26.4. The topological polar surface area (TPSA) is 49.4 Å². The van der Waals surface area contributed by atoms with Crippen molar-refractivity contribution >= 4 is 21.4 Å². The molecule has 0 saturated heterocycles. The van der Waals surface area contributed by atoms with E-state index >= 15 is 0 Å². The predicted molar refractivity (Wildman–Crippen MR) is 81.2 cm³/mol. The monoisotopic (exact) mass is 304 g/mol. The number of nitrogens with zero attached hydrogens (tertiary/aromatic N) is 1. The lowest BCUT2D eigenvalue weighted by Gasteiger charge is -2.16. The van der Waals surface area contributed by atoms with Gasteiger partial charge in [-0.2, -0.15) is 0 Å². The second-order valence-corrected chi connectivity index (χ2v) is 7.95. The van der Waals surface area contributed by atoms with Gasteiger partial charge in [-0.25, -0.2) is 12.7 Å². The number of hydrogen-bond acceptors (Lipinski definition) is 4. The number of hydrogen-bond donors (Lipinski definition) is 1. The van der Waals surface area contributed by atoms with Gasteiger partial charge >= 0.3 is 0 Å². The normalized spacial score (nSPS) is 12.3. The molecule has 0 aromatic carbocycles. The van der Waals surface area contributed by atoms with Crippen LogP contribution < -0.4 is 5.32 Å². The molecule has 1 aromatic rings. The van der Waals surface area contributed by atoms with Crippen LogP contribution in [-0.2, 0) is 16.6 Å². The third-order valence-electron chi connectivity index (χ3n) is 2.99. The molecule has 1 aromatic heterocycles. The number of nitrogens with one attached hydrogen (secondary N) is 1. The second kappa shape index (κ2) is 7.38.